The van der Waals surface area contributed by atoms with Crippen molar-refractivity contribution in [1.29, 1.82) is 0 Å². The van der Waals surface area contributed by atoms with Gasteiger partial charge >= 0.3 is 43.3 Å². The first-order chi connectivity index (χ1) is 21.3. The number of carbonyl (C=O) groups is 3. The third-order valence-electron chi connectivity index (χ3n) is 7.43. The second-order valence-corrected chi connectivity index (χ2v) is 11.4. The maximum atomic E-state index is 14.0. The number of aryl methyl sites for hydroxylation is 2. The van der Waals surface area contributed by atoms with Crippen molar-refractivity contribution in [3.05, 3.63) is 106 Å². The molecule has 0 bridgehead atoms. The molecule has 0 saturated heterocycles. The third kappa shape index (κ3) is 5.89. The van der Waals surface area contributed by atoms with Crippen molar-refractivity contribution in [2.45, 2.75) is 0 Å². The summed E-state index contributed by atoms with van der Waals surface area (Å²) in [6, 6.07) is 16.3. The number of non-ortho nitro benzene ring substituents is 1. The van der Waals surface area contributed by atoms with Gasteiger partial charge < -0.3 is 19.8 Å². The fraction of sp³-hybridized carbons (Fsp3) is 0.100. The van der Waals surface area contributed by atoms with Crippen LogP contribution in [0, 0.1) is 10.1 Å². The van der Waals surface area contributed by atoms with Crippen LogP contribution in [-0.4, -0.2) is 53.3 Å². The number of rotatable bonds is 8. The molecule has 6 rings (SSSR count). The van der Waals surface area contributed by atoms with E-state index in [2.05, 4.69) is 4.52 Å². The smallest absolute Gasteiger partial charge is 1.00 e. The van der Waals surface area contributed by atoms with Crippen molar-refractivity contribution in [2.75, 3.05) is 6.73 Å². The Kier molecular flexibility index (Phi) is 8.79. The van der Waals surface area contributed by atoms with E-state index in [-0.39, 0.29) is 59.1 Å². The van der Waals surface area contributed by atoms with Crippen LogP contribution in [0.15, 0.2) is 79.1 Å². The number of carbonyl (C=O) groups excluding carboxylic acids is 3. The standard InChI is InChI=1S/C30H23N4O10P.Na.H/c1-31-14-22(20-5-3-4-6-24(20)31)26-27(23-15-32(2)25-13-18(34(38)39)9-12-21(23)25)29(36)33(28(26)35)16-43-30(37)17-7-10-19(11-8-17)44-45(40,41)42;;/h3-15H,16H2,1-2H3,(H2,40,41,42);;/q;+1;-1. The number of hydrogen-bond donors (Lipinski definition) is 2. The number of fused-ring (bicyclic) bond motifs is 2. The zero-order chi connectivity index (χ0) is 32.2. The van der Waals surface area contributed by atoms with Crippen LogP contribution < -0.4 is 34.1 Å². The van der Waals surface area contributed by atoms with Gasteiger partial charge in [0.2, 0.25) is 0 Å². The van der Waals surface area contributed by atoms with Gasteiger partial charge in [-0.3, -0.25) is 29.5 Å². The van der Waals surface area contributed by atoms with E-state index < -0.39 is 37.3 Å². The van der Waals surface area contributed by atoms with Gasteiger partial charge in [0.15, 0.2) is 6.73 Å². The van der Waals surface area contributed by atoms with Crippen molar-refractivity contribution >= 4 is 64.2 Å². The van der Waals surface area contributed by atoms with E-state index in [1.165, 1.54) is 30.3 Å². The maximum absolute atomic E-state index is 14.0. The molecule has 3 heterocycles. The van der Waals surface area contributed by atoms with Crippen LogP contribution in [0.5, 0.6) is 5.75 Å². The minimum atomic E-state index is -4.80. The largest absolute Gasteiger partial charge is 1.00 e. The summed E-state index contributed by atoms with van der Waals surface area (Å²) in [4.78, 5) is 70.5. The number of hydrogen-bond acceptors (Lipinski definition) is 8. The maximum Gasteiger partial charge on any atom is 1.00 e. The molecule has 2 aromatic heterocycles. The van der Waals surface area contributed by atoms with Gasteiger partial charge in [0.05, 0.1) is 27.1 Å². The van der Waals surface area contributed by atoms with Gasteiger partial charge in [0, 0.05) is 66.0 Å². The van der Waals surface area contributed by atoms with E-state index in [9.17, 15) is 29.1 Å². The van der Waals surface area contributed by atoms with E-state index >= 15 is 0 Å². The second kappa shape index (κ2) is 12.3. The van der Waals surface area contributed by atoms with E-state index in [1.54, 1.807) is 37.1 Å². The second-order valence-electron chi connectivity index (χ2n) is 10.2. The Morgan fingerprint density at radius 1 is 0.891 bits per heavy atom. The SMILES string of the molecule is Cn1cc(C2=C(c3cn(C)c4cc([N+](=O)[O-])ccc34)C(=O)N(COC(=O)c3ccc(OP(=O)(O)O)cc3)C2=O)c2ccccc21.[H-].[Na+]. The van der Waals surface area contributed by atoms with Gasteiger partial charge in [0.1, 0.15) is 5.75 Å². The molecule has 0 aliphatic carbocycles. The van der Waals surface area contributed by atoms with E-state index in [4.69, 9.17) is 14.5 Å². The molecular weight excluding hydrogens is 630 g/mol. The number of esters is 1. The molecule has 0 atom stereocenters. The predicted molar refractivity (Wildman–Crippen MR) is 162 cm³/mol. The number of nitro groups is 1. The number of aromatic nitrogens is 2. The van der Waals surface area contributed by atoms with Crippen LogP contribution in [0.2, 0.25) is 0 Å². The molecule has 1 aliphatic heterocycles. The normalized spacial score (nSPS) is 13.4. The first-order valence-electron chi connectivity index (χ1n) is 13.2. The van der Waals surface area contributed by atoms with Crippen molar-refractivity contribution in [1.82, 2.24) is 14.0 Å². The molecule has 46 heavy (non-hydrogen) atoms. The zero-order valence-electron chi connectivity index (χ0n) is 25.6. The third-order valence-corrected chi connectivity index (χ3v) is 7.88. The van der Waals surface area contributed by atoms with Gasteiger partial charge in [-0.15, -0.1) is 0 Å². The number of phosphoric acid groups is 1. The molecular formula is C30H24N4NaO10P. The van der Waals surface area contributed by atoms with Gasteiger partial charge in [-0.1, -0.05) is 18.2 Å². The quantitative estimate of drug-likeness (QED) is 0.0617. The molecule has 5 aromatic rings. The number of nitrogens with zero attached hydrogens (tertiary/aromatic N) is 4. The monoisotopic (exact) mass is 654 g/mol. The molecule has 1 aliphatic rings. The average Bonchev–Trinajstić information content (AvgIpc) is 3.58. The van der Waals surface area contributed by atoms with Crippen molar-refractivity contribution in [3.63, 3.8) is 0 Å². The van der Waals surface area contributed by atoms with Gasteiger partial charge in [0.25, 0.3) is 17.5 Å². The van der Waals surface area contributed by atoms with Gasteiger partial charge in [-0.25, -0.2) is 14.3 Å². The van der Waals surface area contributed by atoms with Crippen LogP contribution in [0.25, 0.3) is 33.0 Å². The summed E-state index contributed by atoms with van der Waals surface area (Å²) in [5.41, 5.74) is 2.10. The number of phosphoric ester groups is 1. The van der Waals surface area contributed by atoms with Crippen LogP contribution >= 0.6 is 7.82 Å². The Morgan fingerprint density at radius 2 is 1.46 bits per heavy atom. The summed E-state index contributed by atoms with van der Waals surface area (Å²) in [7, 11) is -1.32. The first kappa shape index (κ1) is 32.8. The number of para-hydroxylation sites is 1. The zero-order valence-corrected chi connectivity index (χ0v) is 27.5. The van der Waals surface area contributed by atoms with Crippen LogP contribution in [0.1, 0.15) is 22.9 Å². The summed E-state index contributed by atoms with van der Waals surface area (Å²) in [5, 5.41) is 12.6. The Morgan fingerprint density at radius 3 is 2.04 bits per heavy atom. The van der Waals surface area contributed by atoms with Crippen molar-refractivity contribution < 1.29 is 73.9 Å². The average molecular weight is 655 g/mol. The number of imide groups is 1. The van der Waals surface area contributed by atoms with Gasteiger partial charge in [-0.05, 0) is 36.4 Å². The fourth-order valence-corrected chi connectivity index (χ4v) is 5.81. The Balaban J connectivity index is 0.00000250. The van der Waals surface area contributed by atoms with E-state index in [0.717, 1.165) is 22.5 Å². The number of ether oxygens (including phenoxy) is 1. The predicted octanol–water partition coefficient (Wildman–Crippen LogP) is 1.26. The molecule has 230 valence electrons. The van der Waals surface area contributed by atoms with E-state index in [1.807, 2.05) is 22.8 Å². The molecule has 0 radical (unpaired) electrons. The summed E-state index contributed by atoms with van der Waals surface area (Å²) in [6.07, 6.45) is 3.36. The molecule has 0 unspecified atom stereocenters. The molecule has 2 N–H and O–H groups in total. The number of benzene rings is 3. The number of nitro benzene ring substituents is 1. The van der Waals surface area contributed by atoms with Gasteiger partial charge in [-0.2, -0.15) is 0 Å². The Hall–Kier alpha value is -4.56. The number of amides is 2. The fourth-order valence-electron chi connectivity index (χ4n) is 5.41. The van der Waals surface area contributed by atoms with Crippen LogP contribution in [0.4, 0.5) is 5.69 Å². The van der Waals surface area contributed by atoms with Crippen LogP contribution in [-0.2, 0) is 33.0 Å². The van der Waals surface area contributed by atoms with Crippen molar-refractivity contribution in [3.8, 4) is 5.75 Å². The minimum Gasteiger partial charge on any atom is -1.00 e. The topological polar surface area (TPSA) is 183 Å². The molecule has 2 amide bonds. The minimum absolute atomic E-state index is 0. The summed E-state index contributed by atoms with van der Waals surface area (Å²) in [5.74, 6) is -2.52. The summed E-state index contributed by atoms with van der Waals surface area (Å²) >= 11 is 0. The molecule has 0 saturated carbocycles. The molecule has 16 heteroatoms. The van der Waals surface area contributed by atoms with Crippen molar-refractivity contribution in [2.24, 2.45) is 14.1 Å². The molecule has 0 spiro atoms. The van der Waals surface area contributed by atoms with E-state index in [0.29, 0.717) is 27.4 Å². The summed E-state index contributed by atoms with van der Waals surface area (Å²) in [6.45, 7) is -0.731. The molecule has 14 nitrogen and oxygen atoms in total. The summed E-state index contributed by atoms with van der Waals surface area (Å²) < 4.78 is 24.3. The van der Waals surface area contributed by atoms with Crippen LogP contribution in [0.3, 0.4) is 0 Å². The Labute approximate surface area is 283 Å². The first-order valence-corrected chi connectivity index (χ1v) is 14.8. The Bertz CT molecular complexity index is 2170. The molecule has 3 aromatic carbocycles. The molecule has 0 fully saturated rings.